The second-order valence-corrected chi connectivity index (χ2v) is 12.8. The molecule has 0 saturated heterocycles. The fourth-order valence-electron chi connectivity index (χ4n) is 6.77. The van der Waals surface area contributed by atoms with Crippen molar-refractivity contribution in [2.75, 3.05) is 0 Å². The first-order valence-electron chi connectivity index (χ1n) is 15.5. The molecule has 46 heavy (non-hydrogen) atoms. The number of aryl methyl sites for hydroxylation is 1. The van der Waals surface area contributed by atoms with Gasteiger partial charge in [0.2, 0.25) is 5.95 Å². The van der Waals surface area contributed by atoms with E-state index < -0.39 is 0 Å². The van der Waals surface area contributed by atoms with Gasteiger partial charge in [-0.25, -0.2) is 4.98 Å². The van der Waals surface area contributed by atoms with E-state index in [2.05, 4.69) is 115 Å². The maximum atomic E-state index is 5.12. The van der Waals surface area contributed by atoms with E-state index in [0.29, 0.717) is 17.6 Å². The Morgan fingerprint density at radius 2 is 1.11 bits per heavy atom. The molecule has 0 aliphatic heterocycles. The van der Waals surface area contributed by atoms with Crippen LogP contribution in [0.25, 0.3) is 70.7 Å². The molecule has 0 fully saturated rings. The molecule has 6 aromatic carbocycles. The summed E-state index contributed by atoms with van der Waals surface area (Å²) in [5, 5.41) is 5.14. The van der Waals surface area contributed by atoms with Crippen LogP contribution in [0.5, 0.6) is 0 Å². The second kappa shape index (κ2) is 10.8. The number of fused-ring (bicyclic) bond motifs is 6. The van der Waals surface area contributed by atoms with Gasteiger partial charge >= 0.3 is 0 Å². The van der Waals surface area contributed by atoms with Gasteiger partial charge in [-0.05, 0) is 48.2 Å². The summed E-state index contributed by atoms with van der Waals surface area (Å²) in [7, 11) is 0. The molecule has 0 saturated carbocycles. The molecule has 3 aromatic heterocycles. The number of benzene rings is 6. The van der Waals surface area contributed by atoms with Crippen molar-refractivity contribution in [1.29, 1.82) is 0 Å². The summed E-state index contributed by atoms with van der Waals surface area (Å²) in [5.74, 6) is 1.92. The van der Waals surface area contributed by atoms with Gasteiger partial charge in [-0.1, -0.05) is 121 Å². The van der Waals surface area contributed by atoms with Gasteiger partial charge in [-0.15, -0.1) is 11.3 Å². The van der Waals surface area contributed by atoms with E-state index in [0.717, 1.165) is 28.6 Å². The maximum absolute atomic E-state index is 5.12. The zero-order chi connectivity index (χ0) is 30.6. The number of nitrogens with zero attached hydrogens (tertiary/aromatic N) is 4. The van der Waals surface area contributed by atoms with Gasteiger partial charge in [-0.3, -0.25) is 4.57 Å². The normalized spacial score (nSPS) is 11.7. The molecule has 0 radical (unpaired) electrons. The molecule has 0 aliphatic rings. The first-order chi connectivity index (χ1) is 22.7. The van der Waals surface area contributed by atoms with Gasteiger partial charge in [0.15, 0.2) is 11.6 Å². The Hall–Kier alpha value is -5.65. The first-order valence-corrected chi connectivity index (χ1v) is 16.3. The highest BCUT2D eigenvalue weighted by molar-refractivity contribution is 7.26. The minimum absolute atomic E-state index is 0.613. The van der Waals surface area contributed by atoms with Crippen LogP contribution >= 0.6 is 11.3 Å². The third-order valence-electron chi connectivity index (χ3n) is 8.87. The summed E-state index contributed by atoms with van der Waals surface area (Å²) < 4.78 is 4.91. The molecule has 0 aliphatic carbocycles. The van der Waals surface area contributed by atoms with Crippen molar-refractivity contribution in [3.8, 4) is 28.7 Å². The van der Waals surface area contributed by atoms with Crippen LogP contribution < -0.4 is 0 Å². The molecule has 9 rings (SSSR count). The molecule has 0 amide bonds. The predicted octanol–water partition coefficient (Wildman–Crippen LogP) is 10.6. The van der Waals surface area contributed by atoms with E-state index in [4.69, 9.17) is 15.0 Å². The molecule has 0 spiro atoms. The lowest BCUT2D eigenvalue weighted by Gasteiger charge is -2.11. The zero-order valence-corrected chi connectivity index (χ0v) is 26.0. The van der Waals surface area contributed by atoms with Gasteiger partial charge in [-0.2, -0.15) is 9.97 Å². The SMILES string of the molecule is Cc1cccc2c1c1c(Cc3cccc4c3sc3ccccc34)cccc1n2-c1nc(-c2ccccc2)nc(-c2ccccc2)n1. The second-order valence-electron chi connectivity index (χ2n) is 11.7. The van der Waals surface area contributed by atoms with E-state index >= 15 is 0 Å². The van der Waals surface area contributed by atoms with Crippen LogP contribution in [-0.2, 0) is 6.42 Å². The minimum atomic E-state index is 0.613. The Balaban J connectivity index is 1.30. The number of hydrogen-bond donors (Lipinski definition) is 0. The lowest BCUT2D eigenvalue weighted by molar-refractivity contribution is 0.953. The molecule has 3 heterocycles. The highest BCUT2D eigenvalue weighted by Crippen LogP contribution is 2.40. The van der Waals surface area contributed by atoms with Crippen LogP contribution in [0.3, 0.4) is 0 Å². The molecule has 218 valence electrons. The van der Waals surface area contributed by atoms with Gasteiger partial charge in [0.25, 0.3) is 0 Å². The Bertz CT molecular complexity index is 2510. The molecule has 0 bridgehead atoms. The van der Waals surface area contributed by atoms with E-state index in [1.165, 1.54) is 47.6 Å². The first kappa shape index (κ1) is 26.7. The van der Waals surface area contributed by atoms with Crippen LogP contribution in [0.15, 0.2) is 140 Å². The molecular weight excluding hydrogens is 581 g/mol. The smallest absolute Gasteiger partial charge is 0.238 e. The Morgan fingerprint density at radius 3 is 1.85 bits per heavy atom. The number of aromatic nitrogens is 4. The van der Waals surface area contributed by atoms with Gasteiger partial charge in [0.05, 0.1) is 11.0 Å². The zero-order valence-electron chi connectivity index (χ0n) is 25.2. The monoisotopic (exact) mass is 608 g/mol. The van der Waals surface area contributed by atoms with Crippen molar-refractivity contribution >= 4 is 53.3 Å². The van der Waals surface area contributed by atoms with E-state index in [9.17, 15) is 0 Å². The Labute approximate surface area is 270 Å². The Kier molecular flexibility index (Phi) is 6.25. The van der Waals surface area contributed by atoms with Gasteiger partial charge in [0, 0.05) is 42.1 Å². The van der Waals surface area contributed by atoms with E-state index in [1.54, 1.807) is 0 Å². The minimum Gasteiger partial charge on any atom is -0.278 e. The molecule has 9 aromatic rings. The molecule has 5 heteroatoms. The summed E-state index contributed by atoms with van der Waals surface area (Å²) in [6.45, 7) is 2.20. The highest BCUT2D eigenvalue weighted by Gasteiger charge is 2.21. The van der Waals surface area contributed by atoms with Crippen molar-refractivity contribution in [1.82, 2.24) is 19.5 Å². The van der Waals surface area contributed by atoms with Crippen molar-refractivity contribution in [3.63, 3.8) is 0 Å². The van der Waals surface area contributed by atoms with Crippen LogP contribution in [0.2, 0.25) is 0 Å². The van der Waals surface area contributed by atoms with Crippen molar-refractivity contribution < 1.29 is 0 Å². The average Bonchev–Trinajstić information content (AvgIpc) is 3.67. The maximum Gasteiger partial charge on any atom is 0.238 e. The predicted molar refractivity (Wildman–Crippen MR) is 192 cm³/mol. The third-order valence-corrected chi connectivity index (χ3v) is 10.1. The van der Waals surface area contributed by atoms with Gasteiger partial charge in [0.1, 0.15) is 0 Å². The molecular formula is C41H28N4S. The standard InChI is InChI=1S/C41H28N4S/c1-26-13-10-22-33-36(26)37-29(25-30-19-11-21-32-31-20-8-9-24-35(31)46-38(30)32)18-12-23-34(37)45(33)41-43-39(27-14-4-2-5-15-27)42-40(44-41)28-16-6-3-7-17-28/h2-24H,25H2,1H3. The largest absolute Gasteiger partial charge is 0.278 e. The lowest BCUT2D eigenvalue weighted by Crippen LogP contribution is -2.06. The number of rotatable bonds is 5. The molecule has 0 unspecified atom stereocenters. The summed E-state index contributed by atoms with van der Waals surface area (Å²) in [6.07, 6.45) is 0.830. The summed E-state index contributed by atoms with van der Waals surface area (Å²) >= 11 is 1.89. The van der Waals surface area contributed by atoms with Crippen LogP contribution in [0.1, 0.15) is 16.7 Å². The third kappa shape index (κ3) is 4.31. The number of hydrogen-bond acceptors (Lipinski definition) is 4. The molecule has 4 nitrogen and oxygen atoms in total. The fourth-order valence-corrected chi connectivity index (χ4v) is 7.98. The van der Waals surface area contributed by atoms with Crippen molar-refractivity contribution in [2.45, 2.75) is 13.3 Å². The van der Waals surface area contributed by atoms with E-state index in [1.807, 2.05) is 47.7 Å². The summed E-state index contributed by atoms with van der Waals surface area (Å²) in [4.78, 5) is 15.2. The fraction of sp³-hybridized carbons (Fsp3) is 0.0488. The lowest BCUT2D eigenvalue weighted by atomic mass is 9.97. The van der Waals surface area contributed by atoms with Crippen molar-refractivity contribution in [2.24, 2.45) is 0 Å². The Morgan fingerprint density at radius 1 is 0.522 bits per heavy atom. The average molecular weight is 609 g/mol. The van der Waals surface area contributed by atoms with E-state index in [-0.39, 0.29) is 0 Å². The summed E-state index contributed by atoms with van der Waals surface area (Å²) in [6, 6.07) is 49.0. The van der Waals surface area contributed by atoms with Crippen LogP contribution in [0.4, 0.5) is 0 Å². The van der Waals surface area contributed by atoms with Gasteiger partial charge < -0.3 is 0 Å². The molecule has 0 atom stereocenters. The highest BCUT2D eigenvalue weighted by atomic mass is 32.1. The topological polar surface area (TPSA) is 43.6 Å². The number of thiophene rings is 1. The quantitative estimate of drug-likeness (QED) is 0.195. The van der Waals surface area contributed by atoms with Crippen LogP contribution in [-0.4, -0.2) is 19.5 Å². The van der Waals surface area contributed by atoms with Crippen LogP contribution in [0, 0.1) is 6.92 Å². The van der Waals surface area contributed by atoms with Crippen molar-refractivity contribution in [3.05, 3.63) is 156 Å². The summed E-state index contributed by atoms with van der Waals surface area (Å²) in [5.41, 5.74) is 7.96. The molecule has 0 N–H and O–H groups in total.